The number of nitrogens with zero attached hydrogens (tertiary/aromatic N) is 3. The number of anilines is 1. The molecule has 6 nitrogen and oxygen atoms in total. The minimum Gasteiger partial charge on any atom is -0.348 e. The molecule has 29 heavy (non-hydrogen) atoms. The van der Waals surface area contributed by atoms with Gasteiger partial charge in [0.15, 0.2) is 0 Å². The number of thiazole rings is 1. The number of rotatable bonds is 4. The van der Waals surface area contributed by atoms with Crippen LogP contribution in [0, 0.1) is 11.3 Å². The summed E-state index contributed by atoms with van der Waals surface area (Å²) in [5.74, 6) is 0. The Morgan fingerprint density at radius 2 is 1.86 bits per heavy atom. The highest BCUT2D eigenvalue weighted by Gasteiger charge is 2.22. The van der Waals surface area contributed by atoms with E-state index < -0.39 is 10.0 Å². The summed E-state index contributed by atoms with van der Waals surface area (Å²) in [5, 5.41) is 16.3. The Bertz CT molecular complexity index is 1230. The minimum atomic E-state index is -3.47. The molecule has 0 aliphatic carbocycles. The Balaban J connectivity index is 1.64. The van der Waals surface area contributed by atoms with Crippen LogP contribution in [0.25, 0.3) is 16.8 Å². The second-order valence-electron chi connectivity index (χ2n) is 6.39. The summed E-state index contributed by atoms with van der Waals surface area (Å²) in [6.07, 6.45) is 0. The van der Waals surface area contributed by atoms with Gasteiger partial charge in [0.1, 0.15) is 16.6 Å². The van der Waals surface area contributed by atoms with Crippen molar-refractivity contribution in [2.45, 2.75) is 9.79 Å². The number of para-hydroxylation sites is 1. The van der Waals surface area contributed by atoms with E-state index in [1.165, 1.54) is 41.5 Å². The van der Waals surface area contributed by atoms with Crippen molar-refractivity contribution in [3.63, 3.8) is 0 Å². The standard InChI is InChI=1S/C20H16N4O2S3/c1-24(2)29(25,26)14-9-7-13(8-10-14)17-12-27-19(23-17)15(11-21)20-22-16-5-3-4-6-18(16)28-20/h3-10,12,22H,1-2H3/b20-15+. The number of fused-ring (bicyclic) bond motifs is 1. The van der Waals surface area contributed by atoms with Gasteiger partial charge in [-0.2, -0.15) is 5.26 Å². The lowest BCUT2D eigenvalue weighted by atomic mass is 10.2. The summed E-state index contributed by atoms with van der Waals surface area (Å²) in [6, 6.07) is 16.7. The summed E-state index contributed by atoms with van der Waals surface area (Å²) in [6.45, 7) is 0. The third-order valence-corrected chi connectivity index (χ3v) is 8.11. The zero-order valence-electron chi connectivity index (χ0n) is 15.6. The van der Waals surface area contributed by atoms with Crippen molar-refractivity contribution >= 4 is 44.4 Å². The van der Waals surface area contributed by atoms with Crippen molar-refractivity contribution in [1.82, 2.24) is 9.29 Å². The zero-order valence-corrected chi connectivity index (χ0v) is 18.0. The first-order chi connectivity index (χ1) is 13.9. The second kappa shape index (κ2) is 7.65. The normalized spacial score (nSPS) is 15.0. The molecule has 0 saturated carbocycles. The number of benzene rings is 2. The van der Waals surface area contributed by atoms with Crippen LogP contribution in [-0.2, 0) is 10.0 Å². The average Bonchev–Trinajstić information content (AvgIpc) is 3.36. The molecule has 0 saturated heterocycles. The fourth-order valence-corrected chi connectivity index (χ4v) is 5.55. The highest BCUT2D eigenvalue weighted by molar-refractivity contribution is 8.04. The van der Waals surface area contributed by atoms with Crippen LogP contribution in [0.15, 0.2) is 68.7 Å². The lowest BCUT2D eigenvalue weighted by molar-refractivity contribution is 0.521. The molecule has 0 spiro atoms. The number of nitrogens with one attached hydrogen (secondary N) is 1. The summed E-state index contributed by atoms with van der Waals surface area (Å²) in [4.78, 5) is 5.91. The largest absolute Gasteiger partial charge is 0.348 e. The molecule has 0 bridgehead atoms. The third kappa shape index (κ3) is 3.68. The molecule has 0 atom stereocenters. The summed E-state index contributed by atoms with van der Waals surface area (Å²) in [5.41, 5.74) is 2.97. The van der Waals surface area contributed by atoms with Crippen LogP contribution < -0.4 is 5.32 Å². The van der Waals surface area contributed by atoms with Crippen molar-refractivity contribution in [2.75, 3.05) is 19.4 Å². The van der Waals surface area contributed by atoms with Crippen LogP contribution in [0.3, 0.4) is 0 Å². The third-order valence-electron chi connectivity index (χ3n) is 4.33. The van der Waals surface area contributed by atoms with E-state index in [1.54, 1.807) is 24.3 Å². The van der Waals surface area contributed by atoms with Crippen molar-refractivity contribution in [1.29, 1.82) is 5.26 Å². The van der Waals surface area contributed by atoms with Gasteiger partial charge in [-0.3, -0.25) is 0 Å². The van der Waals surface area contributed by atoms with Crippen LogP contribution >= 0.6 is 23.1 Å². The molecule has 2 aromatic carbocycles. The van der Waals surface area contributed by atoms with E-state index in [0.29, 0.717) is 16.3 Å². The molecule has 9 heteroatoms. The Morgan fingerprint density at radius 3 is 2.52 bits per heavy atom. The molecule has 3 aromatic rings. The Morgan fingerprint density at radius 1 is 1.14 bits per heavy atom. The number of aromatic nitrogens is 1. The second-order valence-corrected chi connectivity index (χ2v) is 10.5. The minimum absolute atomic E-state index is 0.228. The summed E-state index contributed by atoms with van der Waals surface area (Å²) < 4.78 is 25.6. The van der Waals surface area contributed by atoms with Crippen LogP contribution in [0.1, 0.15) is 5.01 Å². The number of thioether (sulfide) groups is 1. The fourth-order valence-electron chi connectivity index (χ4n) is 2.76. The molecule has 146 valence electrons. The van der Waals surface area contributed by atoms with Gasteiger partial charge in [0.05, 0.1) is 21.3 Å². The number of hydrogen-bond acceptors (Lipinski definition) is 7. The molecular formula is C20H16N4O2S3. The average molecular weight is 441 g/mol. The zero-order chi connectivity index (χ0) is 20.6. The van der Waals surface area contributed by atoms with Gasteiger partial charge in [0, 0.05) is 29.9 Å². The molecular weight excluding hydrogens is 424 g/mol. The van der Waals surface area contributed by atoms with Crippen LogP contribution in [0.2, 0.25) is 0 Å². The molecule has 0 amide bonds. The number of nitriles is 1. The molecule has 0 fully saturated rings. The van der Waals surface area contributed by atoms with Crippen LogP contribution in [0.4, 0.5) is 5.69 Å². The fraction of sp³-hybridized carbons (Fsp3) is 0.100. The van der Waals surface area contributed by atoms with Gasteiger partial charge in [0.2, 0.25) is 10.0 Å². The summed E-state index contributed by atoms with van der Waals surface area (Å²) >= 11 is 2.90. The molecule has 4 rings (SSSR count). The van der Waals surface area contributed by atoms with E-state index in [4.69, 9.17) is 0 Å². The van der Waals surface area contributed by atoms with Crippen molar-refractivity contribution in [3.8, 4) is 17.3 Å². The Kier molecular flexibility index (Phi) is 5.19. The van der Waals surface area contributed by atoms with E-state index in [-0.39, 0.29) is 4.90 Å². The van der Waals surface area contributed by atoms with E-state index in [2.05, 4.69) is 16.4 Å². The SMILES string of the molecule is CN(C)S(=O)(=O)c1ccc(-c2csc(/C(C#N)=C3\Nc4ccccc4S3)n2)cc1. The summed E-state index contributed by atoms with van der Waals surface area (Å²) in [7, 11) is -0.471. The first-order valence-corrected chi connectivity index (χ1v) is 11.7. The number of allylic oxidation sites excluding steroid dienone is 1. The molecule has 1 aromatic heterocycles. The molecule has 1 N–H and O–H groups in total. The predicted octanol–water partition coefficient (Wildman–Crippen LogP) is 4.47. The van der Waals surface area contributed by atoms with Crippen LogP contribution in [-0.4, -0.2) is 31.8 Å². The van der Waals surface area contributed by atoms with Gasteiger partial charge >= 0.3 is 0 Å². The molecule has 0 radical (unpaired) electrons. The maximum atomic E-state index is 12.2. The Labute approximate surface area is 177 Å². The first kappa shape index (κ1) is 19.7. The van der Waals surface area contributed by atoms with E-state index >= 15 is 0 Å². The monoisotopic (exact) mass is 440 g/mol. The molecule has 0 unspecified atom stereocenters. The van der Waals surface area contributed by atoms with E-state index in [1.807, 2.05) is 29.6 Å². The Hall–Kier alpha value is -2.64. The maximum absolute atomic E-state index is 12.2. The van der Waals surface area contributed by atoms with Gasteiger partial charge in [-0.15, -0.1) is 11.3 Å². The lowest BCUT2D eigenvalue weighted by Crippen LogP contribution is -2.22. The van der Waals surface area contributed by atoms with Gasteiger partial charge in [-0.05, 0) is 24.3 Å². The van der Waals surface area contributed by atoms with Crippen molar-refractivity contribution in [3.05, 3.63) is 63.9 Å². The van der Waals surface area contributed by atoms with E-state index in [0.717, 1.165) is 21.2 Å². The smallest absolute Gasteiger partial charge is 0.242 e. The van der Waals surface area contributed by atoms with Gasteiger partial charge < -0.3 is 5.32 Å². The topological polar surface area (TPSA) is 86.1 Å². The first-order valence-electron chi connectivity index (χ1n) is 8.57. The van der Waals surface area contributed by atoms with Gasteiger partial charge in [-0.1, -0.05) is 36.0 Å². The van der Waals surface area contributed by atoms with Crippen molar-refractivity contribution in [2.24, 2.45) is 0 Å². The maximum Gasteiger partial charge on any atom is 0.242 e. The van der Waals surface area contributed by atoms with Gasteiger partial charge in [0.25, 0.3) is 0 Å². The lowest BCUT2D eigenvalue weighted by Gasteiger charge is -2.11. The van der Waals surface area contributed by atoms with Crippen LogP contribution in [0.5, 0.6) is 0 Å². The molecule has 1 aliphatic rings. The predicted molar refractivity (Wildman–Crippen MR) is 117 cm³/mol. The van der Waals surface area contributed by atoms with Gasteiger partial charge in [-0.25, -0.2) is 17.7 Å². The highest BCUT2D eigenvalue weighted by Crippen LogP contribution is 2.44. The van der Waals surface area contributed by atoms with Crippen molar-refractivity contribution < 1.29 is 8.42 Å². The number of sulfonamides is 1. The van der Waals surface area contributed by atoms with E-state index in [9.17, 15) is 13.7 Å². The highest BCUT2D eigenvalue weighted by atomic mass is 32.2. The number of hydrogen-bond donors (Lipinski definition) is 1. The quantitative estimate of drug-likeness (QED) is 0.603. The molecule has 1 aliphatic heterocycles. The molecule has 2 heterocycles.